The number of thioether (sulfide) groups is 1. The van der Waals surface area contributed by atoms with E-state index in [0.717, 1.165) is 6.07 Å². The Labute approximate surface area is 165 Å². The topological polar surface area (TPSA) is 78.5 Å². The van der Waals surface area contributed by atoms with Crippen molar-refractivity contribution in [3.05, 3.63) is 30.1 Å². The highest BCUT2D eigenvalue weighted by Gasteiger charge is 2.30. The van der Waals surface area contributed by atoms with E-state index in [1.54, 1.807) is 0 Å². The summed E-state index contributed by atoms with van der Waals surface area (Å²) in [5.74, 6) is -0.621. The van der Waals surface area contributed by atoms with Gasteiger partial charge in [0.25, 0.3) is 0 Å². The van der Waals surface area contributed by atoms with Crippen molar-refractivity contribution < 1.29 is 17.6 Å². The molecule has 0 heterocycles. The van der Waals surface area contributed by atoms with Crippen molar-refractivity contribution in [3.8, 4) is 0 Å². The van der Waals surface area contributed by atoms with Crippen LogP contribution in [0.1, 0.15) is 26.2 Å². The minimum absolute atomic E-state index is 0.158. The average molecular weight is 418 g/mol. The molecule has 1 saturated carbocycles. The molecule has 0 radical (unpaired) electrons. The van der Waals surface area contributed by atoms with Crippen LogP contribution >= 0.6 is 11.8 Å². The fraction of sp³-hybridized carbons (Fsp3) is 0.611. The van der Waals surface area contributed by atoms with Crippen molar-refractivity contribution in [2.75, 3.05) is 25.6 Å². The van der Waals surface area contributed by atoms with E-state index < -0.39 is 26.8 Å². The fourth-order valence-electron chi connectivity index (χ4n) is 2.75. The van der Waals surface area contributed by atoms with Gasteiger partial charge in [0.2, 0.25) is 15.9 Å². The van der Waals surface area contributed by atoms with Crippen molar-refractivity contribution in [3.63, 3.8) is 0 Å². The summed E-state index contributed by atoms with van der Waals surface area (Å²) in [7, 11) is -2.10. The van der Waals surface area contributed by atoms with E-state index in [2.05, 4.69) is 14.9 Å². The lowest BCUT2D eigenvalue weighted by Crippen LogP contribution is -2.50. The van der Waals surface area contributed by atoms with E-state index in [4.69, 9.17) is 0 Å². The smallest absolute Gasteiger partial charge is 0.244 e. The zero-order chi connectivity index (χ0) is 20.0. The van der Waals surface area contributed by atoms with E-state index in [1.807, 2.05) is 20.2 Å². The summed E-state index contributed by atoms with van der Waals surface area (Å²) in [6.45, 7) is 2.46. The number of carbonyl (C=O) groups is 1. The third kappa shape index (κ3) is 6.44. The molecule has 0 saturated heterocycles. The van der Waals surface area contributed by atoms with Gasteiger partial charge in [-0.25, -0.2) is 12.8 Å². The number of hydrogen-bond donors (Lipinski definition) is 2. The van der Waals surface area contributed by atoms with Gasteiger partial charge < -0.3 is 5.32 Å². The van der Waals surface area contributed by atoms with Crippen molar-refractivity contribution in [1.29, 1.82) is 0 Å². The Kier molecular flexibility index (Phi) is 8.08. The van der Waals surface area contributed by atoms with Crippen LogP contribution in [0.5, 0.6) is 0 Å². The predicted octanol–water partition coefficient (Wildman–Crippen LogP) is 1.82. The molecule has 2 rings (SSSR count). The van der Waals surface area contributed by atoms with Crippen LogP contribution in [-0.4, -0.2) is 63.0 Å². The molecule has 2 unspecified atom stereocenters. The Morgan fingerprint density at radius 1 is 1.37 bits per heavy atom. The molecule has 6 nitrogen and oxygen atoms in total. The predicted molar refractivity (Wildman–Crippen MR) is 107 cm³/mol. The minimum Gasteiger partial charge on any atom is -0.353 e. The first-order chi connectivity index (χ1) is 12.8. The van der Waals surface area contributed by atoms with Gasteiger partial charge in [0.15, 0.2) is 0 Å². The average Bonchev–Trinajstić information content (AvgIpc) is 3.47. The van der Waals surface area contributed by atoms with Crippen LogP contribution in [0, 0.1) is 5.82 Å². The number of hydrogen-bond acceptors (Lipinski definition) is 5. The van der Waals surface area contributed by atoms with Crippen LogP contribution in [0.25, 0.3) is 0 Å². The fourth-order valence-corrected chi connectivity index (χ4v) is 4.53. The van der Waals surface area contributed by atoms with E-state index in [9.17, 15) is 17.6 Å². The second kappa shape index (κ2) is 9.86. The van der Waals surface area contributed by atoms with E-state index >= 15 is 0 Å². The van der Waals surface area contributed by atoms with Gasteiger partial charge in [-0.3, -0.25) is 9.69 Å². The monoisotopic (exact) mass is 417 g/mol. The van der Waals surface area contributed by atoms with Crippen LogP contribution in [0.2, 0.25) is 0 Å². The summed E-state index contributed by atoms with van der Waals surface area (Å²) in [6, 6.07) is 4.93. The maximum atomic E-state index is 13.9. The molecule has 1 aromatic carbocycles. The molecule has 2 N–H and O–H groups in total. The van der Waals surface area contributed by atoms with Crippen molar-refractivity contribution >= 4 is 27.7 Å². The molecule has 152 valence electrons. The van der Waals surface area contributed by atoms with Crippen LogP contribution in [0.4, 0.5) is 4.39 Å². The molecular formula is C18H28FN3O3S2. The maximum Gasteiger partial charge on any atom is 0.244 e. The highest BCUT2D eigenvalue weighted by Crippen LogP contribution is 2.26. The number of carbonyl (C=O) groups excluding carboxylic acids is 1. The van der Waals surface area contributed by atoms with Crippen LogP contribution < -0.4 is 10.0 Å². The molecule has 0 bridgehead atoms. The Morgan fingerprint density at radius 3 is 2.63 bits per heavy atom. The summed E-state index contributed by atoms with van der Waals surface area (Å²) >= 11 is 1.52. The second-order valence-electron chi connectivity index (χ2n) is 6.88. The maximum absolute atomic E-state index is 13.9. The third-order valence-electron chi connectivity index (χ3n) is 4.74. The van der Waals surface area contributed by atoms with Crippen LogP contribution in [-0.2, 0) is 14.8 Å². The van der Waals surface area contributed by atoms with Crippen molar-refractivity contribution in [2.24, 2.45) is 0 Å². The molecule has 1 amide bonds. The lowest BCUT2D eigenvalue weighted by Gasteiger charge is -2.26. The van der Waals surface area contributed by atoms with Gasteiger partial charge in [0.05, 0.1) is 0 Å². The lowest BCUT2D eigenvalue weighted by atomic mass is 10.2. The number of nitrogens with zero attached hydrogens (tertiary/aromatic N) is 1. The minimum atomic E-state index is -4.13. The van der Waals surface area contributed by atoms with Gasteiger partial charge in [-0.1, -0.05) is 12.1 Å². The summed E-state index contributed by atoms with van der Waals surface area (Å²) < 4.78 is 41.3. The number of nitrogens with one attached hydrogen (secondary N) is 2. The molecular weight excluding hydrogens is 389 g/mol. The number of likely N-dealkylation sites (N-methyl/N-ethyl adjacent to an activating group) is 1. The molecule has 27 heavy (non-hydrogen) atoms. The summed E-state index contributed by atoms with van der Waals surface area (Å²) in [4.78, 5) is 14.4. The van der Waals surface area contributed by atoms with Gasteiger partial charge in [-0.05, 0) is 57.4 Å². The van der Waals surface area contributed by atoms with Crippen molar-refractivity contribution in [2.45, 2.75) is 49.2 Å². The largest absolute Gasteiger partial charge is 0.353 e. The molecule has 0 aliphatic heterocycles. The van der Waals surface area contributed by atoms with Gasteiger partial charge in [-0.15, -0.1) is 0 Å². The van der Waals surface area contributed by atoms with E-state index in [-0.39, 0.29) is 11.9 Å². The van der Waals surface area contributed by atoms with E-state index in [1.165, 1.54) is 42.8 Å². The van der Waals surface area contributed by atoms with Gasteiger partial charge >= 0.3 is 0 Å². The van der Waals surface area contributed by atoms with Crippen molar-refractivity contribution in [1.82, 2.24) is 14.9 Å². The van der Waals surface area contributed by atoms with Gasteiger partial charge in [-0.2, -0.15) is 16.5 Å². The standard InChI is InChI=1S/C18H28FN3O3S2/c1-13(22(2)14-8-9-14)12-20-18(23)16(10-11-26-3)21-27(24,25)17-7-5-4-6-15(17)19/h4-7,13-14,16,21H,8-12H2,1-3H3,(H,20,23). The molecule has 9 heteroatoms. The molecule has 1 aliphatic rings. The number of rotatable bonds is 11. The molecule has 0 spiro atoms. The molecule has 1 fully saturated rings. The molecule has 1 aromatic rings. The second-order valence-corrected chi connectivity index (χ2v) is 9.54. The number of benzene rings is 1. The molecule has 1 aliphatic carbocycles. The van der Waals surface area contributed by atoms with E-state index in [0.29, 0.717) is 24.8 Å². The summed E-state index contributed by atoms with van der Waals surface area (Å²) in [5.41, 5.74) is 0. The number of amides is 1. The number of sulfonamides is 1. The first-order valence-electron chi connectivity index (χ1n) is 9.01. The highest BCUT2D eigenvalue weighted by molar-refractivity contribution is 7.98. The SMILES string of the molecule is CSCCC(NS(=O)(=O)c1ccccc1F)C(=O)NCC(C)N(C)C1CC1. The van der Waals surface area contributed by atoms with Gasteiger partial charge in [0, 0.05) is 18.6 Å². The molecule has 0 aromatic heterocycles. The summed E-state index contributed by atoms with van der Waals surface area (Å²) in [6.07, 6.45) is 4.56. The van der Waals surface area contributed by atoms with Crippen LogP contribution in [0.3, 0.4) is 0 Å². The number of halogens is 1. The first-order valence-corrected chi connectivity index (χ1v) is 11.9. The first kappa shape index (κ1) is 22.1. The zero-order valence-corrected chi connectivity index (χ0v) is 17.6. The normalized spacial score (nSPS) is 16.9. The Bertz CT molecular complexity index is 741. The Hall–Kier alpha value is -1.16. The quantitative estimate of drug-likeness (QED) is 0.574. The Balaban J connectivity index is 2.02. The third-order valence-corrected chi connectivity index (χ3v) is 6.89. The lowest BCUT2D eigenvalue weighted by molar-refractivity contribution is -0.123. The summed E-state index contributed by atoms with van der Waals surface area (Å²) in [5, 5.41) is 2.83. The zero-order valence-electron chi connectivity index (χ0n) is 15.9. The highest BCUT2D eigenvalue weighted by atomic mass is 32.2. The van der Waals surface area contributed by atoms with Crippen LogP contribution in [0.15, 0.2) is 29.2 Å². The Morgan fingerprint density at radius 2 is 2.04 bits per heavy atom. The molecule has 2 atom stereocenters. The van der Waals surface area contributed by atoms with Gasteiger partial charge in [0.1, 0.15) is 16.8 Å².